The van der Waals surface area contributed by atoms with E-state index in [1.165, 1.54) is 11.1 Å². The van der Waals surface area contributed by atoms with Crippen molar-refractivity contribution < 1.29 is 9.84 Å². The molecular weight excluding hydrogens is 274 g/mol. The highest BCUT2D eigenvalue weighted by atomic mass is 16.5. The Morgan fingerprint density at radius 1 is 0.955 bits per heavy atom. The average molecular weight is 299 g/mol. The van der Waals surface area contributed by atoms with Gasteiger partial charge in [-0.3, -0.25) is 0 Å². The molecule has 1 atom stereocenters. The summed E-state index contributed by atoms with van der Waals surface area (Å²) in [5, 5.41) is 12.3. The second-order valence-corrected chi connectivity index (χ2v) is 5.50. The second-order valence-electron chi connectivity index (χ2n) is 5.50. The number of rotatable bonds is 9. The quantitative estimate of drug-likeness (QED) is 0.697. The van der Waals surface area contributed by atoms with Crippen LogP contribution in [0.1, 0.15) is 19.8 Å². The normalized spacial score (nSPS) is 12.1. The lowest BCUT2D eigenvalue weighted by molar-refractivity contribution is 0.191. The molecule has 0 unspecified atom stereocenters. The monoisotopic (exact) mass is 299 g/mol. The van der Waals surface area contributed by atoms with Crippen molar-refractivity contribution in [3.8, 4) is 16.9 Å². The first kappa shape index (κ1) is 16.5. The Bertz CT molecular complexity index is 523. The molecule has 2 aromatic rings. The molecule has 0 aromatic heterocycles. The highest BCUT2D eigenvalue weighted by molar-refractivity contribution is 5.63. The number of hydrogen-bond acceptors (Lipinski definition) is 3. The van der Waals surface area contributed by atoms with Crippen molar-refractivity contribution in [2.75, 3.05) is 19.7 Å². The molecule has 0 fully saturated rings. The van der Waals surface area contributed by atoms with E-state index >= 15 is 0 Å². The van der Waals surface area contributed by atoms with E-state index in [0.29, 0.717) is 6.54 Å². The molecule has 3 nitrogen and oxygen atoms in total. The molecule has 0 radical (unpaired) electrons. The maximum absolute atomic E-state index is 9.12. The summed E-state index contributed by atoms with van der Waals surface area (Å²) in [5.74, 6) is 0.914. The topological polar surface area (TPSA) is 41.5 Å². The Labute approximate surface area is 133 Å². The molecule has 2 N–H and O–H groups in total. The van der Waals surface area contributed by atoms with Crippen LogP contribution in [0.5, 0.6) is 5.75 Å². The molecule has 0 spiro atoms. The average Bonchev–Trinajstić information content (AvgIpc) is 2.55. The van der Waals surface area contributed by atoms with Crippen molar-refractivity contribution in [3.05, 3.63) is 54.6 Å². The number of ether oxygens (including phenoxy) is 1. The number of aliphatic hydroxyl groups is 1. The molecule has 2 rings (SSSR count). The van der Waals surface area contributed by atoms with Gasteiger partial charge in [0.05, 0.1) is 12.7 Å². The summed E-state index contributed by atoms with van der Waals surface area (Å²) in [4.78, 5) is 0. The maximum atomic E-state index is 9.12. The summed E-state index contributed by atoms with van der Waals surface area (Å²) >= 11 is 0. The molecule has 0 bridgehead atoms. The largest absolute Gasteiger partial charge is 0.494 e. The summed E-state index contributed by atoms with van der Waals surface area (Å²) in [6.07, 6.45) is 1.78. The van der Waals surface area contributed by atoms with Gasteiger partial charge in [-0.05, 0) is 49.6 Å². The molecule has 118 valence electrons. The minimum atomic E-state index is -0.278. The van der Waals surface area contributed by atoms with Gasteiger partial charge in [0.25, 0.3) is 0 Å². The van der Waals surface area contributed by atoms with E-state index in [0.717, 1.165) is 31.7 Å². The zero-order chi connectivity index (χ0) is 15.6. The van der Waals surface area contributed by atoms with Crippen LogP contribution in [-0.2, 0) is 0 Å². The predicted molar refractivity (Wildman–Crippen MR) is 91.2 cm³/mol. The standard InChI is InChI=1S/C19H25NO2/c1-16(21)15-20-13-5-6-14-22-19-11-9-18(10-12-19)17-7-3-2-4-8-17/h2-4,7-12,16,20-21H,5-6,13-15H2,1H3/t16-/m1/s1. The molecule has 0 saturated carbocycles. The number of nitrogens with one attached hydrogen (secondary N) is 1. The third-order valence-electron chi connectivity index (χ3n) is 3.42. The van der Waals surface area contributed by atoms with E-state index in [2.05, 4.69) is 29.6 Å². The van der Waals surface area contributed by atoms with Gasteiger partial charge in [0.15, 0.2) is 0 Å². The smallest absolute Gasteiger partial charge is 0.119 e. The first-order valence-electron chi connectivity index (χ1n) is 7.93. The Balaban J connectivity index is 1.67. The fourth-order valence-electron chi connectivity index (χ4n) is 2.23. The van der Waals surface area contributed by atoms with Crippen molar-refractivity contribution in [3.63, 3.8) is 0 Å². The van der Waals surface area contributed by atoms with Crippen molar-refractivity contribution in [2.45, 2.75) is 25.9 Å². The van der Waals surface area contributed by atoms with E-state index in [1.807, 2.05) is 30.3 Å². The van der Waals surface area contributed by atoms with Crippen LogP contribution < -0.4 is 10.1 Å². The summed E-state index contributed by atoms with van der Waals surface area (Å²) in [6.45, 7) is 4.08. The first-order valence-corrected chi connectivity index (χ1v) is 7.93. The van der Waals surface area contributed by atoms with Gasteiger partial charge < -0.3 is 15.2 Å². The summed E-state index contributed by atoms with van der Waals surface area (Å²) in [5.41, 5.74) is 2.42. The molecule has 0 heterocycles. The molecule has 0 saturated heterocycles. The van der Waals surface area contributed by atoms with Crippen LogP contribution in [0.25, 0.3) is 11.1 Å². The van der Waals surface area contributed by atoms with E-state index in [9.17, 15) is 0 Å². The third-order valence-corrected chi connectivity index (χ3v) is 3.42. The highest BCUT2D eigenvalue weighted by Crippen LogP contribution is 2.22. The molecular formula is C19H25NO2. The van der Waals surface area contributed by atoms with Crippen LogP contribution in [-0.4, -0.2) is 30.9 Å². The highest BCUT2D eigenvalue weighted by Gasteiger charge is 1.98. The van der Waals surface area contributed by atoms with Crippen molar-refractivity contribution in [1.82, 2.24) is 5.32 Å². The lowest BCUT2D eigenvalue weighted by Gasteiger charge is -2.09. The van der Waals surface area contributed by atoms with Crippen molar-refractivity contribution in [2.24, 2.45) is 0 Å². The van der Waals surface area contributed by atoms with Gasteiger partial charge in [0.1, 0.15) is 5.75 Å². The SMILES string of the molecule is C[C@@H](O)CNCCCCOc1ccc(-c2ccccc2)cc1. The number of benzene rings is 2. The van der Waals surface area contributed by atoms with Gasteiger partial charge in [0, 0.05) is 6.54 Å². The summed E-state index contributed by atoms with van der Waals surface area (Å²) in [6, 6.07) is 18.6. The Morgan fingerprint density at radius 3 is 2.32 bits per heavy atom. The van der Waals surface area contributed by atoms with Crippen molar-refractivity contribution in [1.29, 1.82) is 0 Å². The van der Waals surface area contributed by atoms with Gasteiger partial charge in [-0.2, -0.15) is 0 Å². The van der Waals surface area contributed by atoms with Gasteiger partial charge in [-0.1, -0.05) is 42.5 Å². The second kappa shape index (κ2) is 9.23. The van der Waals surface area contributed by atoms with Crippen LogP contribution >= 0.6 is 0 Å². The van der Waals surface area contributed by atoms with Crippen LogP contribution in [0, 0.1) is 0 Å². The van der Waals surface area contributed by atoms with Crippen LogP contribution in [0.2, 0.25) is 0 Å². The Morgan fingerprint density at radius 2 is 1.64 bits per heavy atom. The minimum Gasteiger partial charge on any atom is -0.494 e. The maximum Gasteiger partial charge on any atom is 0.119 e. The lowest BCUT2D eigenvalue weighted by Crippen LogP contribution is -2.25. The van der Waals surface area contributed by atoms with Gasteiger partial charge in [-0.25, -0.2) is 0 Å². The third kappa shape index (κ3) is 5.88. The number of unbranched alkanes of at least 4 members (excludes halogenated alkanes) is 1. The Kier molecular flexibility index (Phi) is 6.94. The molecule has 0 aliphatic heterocycles. The van der Waals surface area contributed by atoms with Gasteiger partial charge >= 0.3 is 0 Å². The molecule has 22 heavy (non-hydrogen) atoms. The molecule has 0 aliphatic rings. The number of aliphatic hydroxyl groups excluding tert-OH is 1. The molecule has 0 aliphatic carbocycles. The van der Waals surface area contributed by atoms with Gasteiger partial charge in [0.2, 0.25) is 0 Å². The summed E-state index contributed by atoms with van der Waals surface area (Å²) < 4.78 is 5.75. The minimum absolute atomic E-state index is 0.278. The van der Waals surface area contributed by atoms with Gasteiger partial charge in [-0.15, -0.1) is 0 Å². The molecule has 2 aromatic carbocycles. The molecule has 3 heteroatoms. The fraction of sp³-hybridized carbons (Fsp3) is 0.368. The Hall–Kier alpha value is -1.84. The fourth-order valence-corrected chi connectivity index (χ4v) is 2.23. The lowest BCUT2D eigenvalue weighted by atomic mass is 10.1. The summed E-state index contributed by atoms with van der Waals surface area (Å²) in [7, 11) is 0. The zero-order valence-corrected chi connectivity index (χ0v) is 13.2. The van der Waals surface area contributed by atoms with E-state index in [4.69, 9.17) is 9.84 Å². The van der Waals surface area contributed by atoms with Crippen LogP contribution in [0.15, 0.2) is 54.6 Å². The predicted octanol–water partition coefficient (Wildman–Crippen LogP) is 3.48. The zero-order valence-electron chi connectivity index (χ0n) is 13.2. The van der Waals surface area contributed by atoms with E-state index in [1.54, 1.807) is 6.92 Å². The van der Waals surface area contributed by atoms with E-state index in [-0.39, 0.29) is 6.10 Å². The van der Waals surface area contributed by atoms with E-state index < -0.39 is 0 Å². The van der Waals surface area contributed by atoms with Crippen LogP contribution in [0.4, 0.5) is 0 Å². The number of hydrogen-bond donors (Lipinski definition) is 2. The first-order chi connectivity index (χ1) is 10.8. The molecule has 0 amide bonds. The van der Waals surface area contributed by atoms with Crippen molar-refractivity contribution >= 4 is 0 Å². The van der Waals surface area contributed by atoms with Crippen LogP contribution in [0.3, 0.4) is 0 Å².